The van der Waals surface area contributed by atoms with E-state index in [0.29, 0.717) is 5.96 Å². The molecule has 94 valence electrons. The maximum atomic E-state index is 5.77. The van der Waals surface area contributed by atoms with Gasteiger partial charge in [-0.25, -0.2) is 0 Å². The van der Waals surface area contributed by atoms with Crippen molar-refractivity contribution >= 4 is 29.9 Å². The van der Waals surface area contributed by atoms with Crippen LogP contribution in [-0.2, 0) is 0 Å². The van der Waals surface area contributed by atoms with Crippen molar-refractivity contribution in [2.24, 2.45) is 16.6 Å². The molecule has 0 bridgehead atoms. The van der Waals surface area contributed by atoms with Gasteiger partial charge in [-0.1, -0.05) is 6.42 Å². The SMILES string of the molecule is I.NC(=NCC1CCC1)NCCN1CCC1. The minimum Gasteiger partial charge on any atom is -0.370 e. The van der Waals surface area contributed by atoms with Gasteiger partial charge in [0.2, 0.25) is 0 Å². The van der Waals surface area contributed by atoms with Crippen molar-refractivity contribution in [3.63, 3.8) is 0 Å². The number of hydrogen-bond acceptors (Lipinski definition) is 2. The van der Waals surface area contributed by atoms with Crippen molar-refractivity contribution in [1.82, 2.24) is 10.2 Å². The third-order valence-corrected chi connectivity index (χ3v) is 3.43. The Morgan fingerprint density at radius 3 is 2.56 bits per heavy atom. The third-order valence-electron chi connectivity index (χ3n) is 3.43. The summed E-state index contributed by atoms with van der Waals surface area (Å²) in [5.74, 6) is 1.43. The smallest absolute Gasteiger partial charge is 0.188 e. The molecule has 0 aromatic carbocycles. The zero-order chi connectivity index (χ0) is 10.5. The van der Waals surface area contributed by atoms with E-state index < -0.39 is 0 Å². The van der Waals surface area contributed by atoms with Crippen LogP contribution in [0.15, 0.2) is 4.99 Å². The molecule has 0 amide bonds. The Labute approximate surface area is 115 Å². The predicted molar refractivity (Wildman–Crippen MR) is 78.3 cm³/mol. The fraction of sp³-hybridized carbons (Fsp3) is 0.909. The molecule has 0 aromatic rings. The molecule has 0 aromatic heterocycles. The van der Waals surface area contributed by atoms with Crippen LogP contribution < -0.4 is 11.1 Å². The van der Waals surface area contributed by atoms with Crippen molar-refractivity contribution in [3.05, 3.63) is 0 Å². The Hall–Kier alpha value is -0.0400. The number of nitrogens with two attached hydrogens (primary N) is 1. The lowest BCUT2D eigenvalue weighted by atomic mass is 9.86. The molecule has 0 atom stereocenters. The van der Waals surface area contributed by atoms with Crippen LogP contribution in [0.2, 0.25) is 0 Å². The molecule has 0 radical (unpaired) electrons. The Bertz CT molecular complexity index is 224. The second kappa shape index (κ2) is 7.32. The van der Waals surface area contributed by atoms with Gasteiger partial charge in [0.25, 0.3) is 0 Å². The maximum Gasteiger partial charge on any atom is 0.188 e. The number of nitrogens with zero attached hydrogens (tertiary/aromatic N) is 2. The van der Waals surface area contributed by atoms with Crippen LogP contribution in [0.5, 0.6) is 0 Å². The van der Waals surface area contributed by atoms with E-state index in [4.69, 9.17) is 5.73 Å². The summed E-state index contributed by atoms with van der Waals surface area (Å²) in [6.07, 6.45) is 5.41. The van der Waals surface area contributed by atoms with Gasteiger partial charge in [-0.3, -0.25) is 4.99 Å². The quantitative estimate of drug-likeness (QED) is 0.447. The number of hydrogen-bond donors (Lipinski definition) is 2. The van der Waals surface area contributed by atoms with Gasteiger partial charge >= 0.3 is 0 Å². The zero-order valence-electron chi connectivity index (χ0n) is 9.82. The van der Waals surface area contributed by atoms with Gasteiger partial charge in [0.15, 0.2) is 5.96 Å². The van der Waals surface area contributed by atoms with E-state index in [1.54, 1.807) is 0 Å². The summed E-state index contributed by atoms with van der Waals surface area (Å²) in [7, 11) is 0. The van der Waals surface area contributed by atoms with Crippen LogP contribution in [0.25, 0.3) is 0 Å². The highest BCUT2D eigenvalue weighted by Crippen LogP contribution is 2.26. The molecule has 1 saturated heterocycles. The van der Waals surface area contributed by atoms with Crippen LogP contribution in [0.3, 0.4) is 0 Å². The first-order chi connectivity index (χ1) is 7.34. The molecule has 1 aliphatic heterocycles. The topological polar surface area (TPSA) is 53.6 Å². The van der Waals surface area contributed by atoms with Crippen molar-refractivity contribution in [2.75, 3.05) is 32.7 Å². The number of nitrogens with one attached hydrogen (secondary N) is 1. The Morgan fingerprint density at radius 1 is 1.31 bits per heavy atom. The zero-order valence-corrected chi connectivity index (χ0v) is 12.2. The van der Waals surface area contributed by atoms with Gasteiger partial charge in [-0.2, -0.15) is 0 Å². The van der Waals surface area contributed by atoms with Crippen LogP contribution in [-0.4, -0.2) is 43.6 Å². The normalized spacial score (nSPS) is 21.9. The molecule has 3 N–H and O–H groups in total. The van der Waals surface area contributed by atoms with Crippen molar-refractivity contribution in [2.45, 2.75) is 25.7 Å². The maximum absolute atomic E-state index is 5.77. The summed E-state index contributed by atoms with van der Waals surface area (Å²) in [6, 6.07) is 0. The highest BCUT2D eigenvalue weighted by Gasteiger charge is 2.16. The van der Waals surface area contributed by atoms with Gasteiger partial charge in [-0.15, -0.1) is 24.0 Å². The Morgan fingerprint density at radius 2 is 2.06 bits per heavy atom. The van der Waals surface area contributed by atoms with E-state index >= 15 is 0 Å². The van der Waals surface area contributed by atoms with Gasteiger partial charge in [0, 0.05) is 19.6 Å². The summed E-state index contributed by atoms with van der Waals surface area (Å²) >= 11 is 0. The Balaban J connectivity index is 0.00000128. The minimum absolute atomic E-state index is 0. The van der Waals surface area contributed by atoms with Crippen LogP contribution >= 0.6 is 24.0 Å². The largest absolute Gasteiger partial charge is 0.370 e. The first kappa shape index (κ1) is 14.0. The van der Waals surface area contributed by atoms with Crippen molar-refractivity contribution < 1.29 is 0 Å². The second-order valence-electron chi connectivity index (χ2n) is 4.64. The lowest BCUT2D eigenvalue weighted by Gasteiger charge is -2.30. The fourth-order valence-corrected chi connectivity index (χ4v) is 1.91. The minimum atomic E-state index is 0. The highest BCUT2D eigenvalue weighted by atomic mass is 127. The van der Waals surface area contributed by atoms with Crippen molar-refractivity contribution in [1.29, 1.82) is 0 Å². The van der Waals surface area contributed by atoms with E-state index in [2.05, 4.69) is 15.2 Å². The summed E-state index contributed by atoms with van der Waals surface area (Å²) in [5, 5.41) is 3.17. The molecule has 1 heterocycles. The monoisotopic (exact) mass is 338 g/mol. The lowest BCUT2D eigenvalue weighted by molar-refractivity contribution is 0.185. The molecule has 5 heteroatoms. The van der Waals surface area contributed by atoms with Crippen LogP contribution in [0.1, 0.15) is 25.7 Å². The number of rotatable bonds is 5. The van der Waals surface area contributed by atoms with E-state index in [1.807, 2.05) is 0 Å². The number of guanidine groups is 1. The third kappa shape index (κ3) is 4.45. The summed E-state index contributed by atoms with van der Waals surface area (Å²) < 4.78 is 0. The molecule has 0 unspecified atom stereocenters. The number of halogens is 1. The number of likely N-dealkylation sites (tertiary alicyclic amines) is 1. The molecule has 4 nitrogen and oxygen atoms in total. The average Bonchev–Trinajstić information content (AvgIpc) is 2.06. The first-order valence-electron chi connectivity index (χ1n) is 6.11. The molecule has 2 rings (SSSR count). The van der Waals surface area contributed by atoms with E-state index in [1.165, 1.54) is 38.8 Å². The van der Waals surface area contributed by atoms with E-state index in [9.17, 15) is 0 Å². The molecule has 2 fully saturated rings. The summed E-state index contributed by atoms with van der Waals surface area (Å²) in [5.41, 5.74) is 5.77. The second-order valence-corrected chi connectivity index (χ2v) is 4.64. The van der Waals surface area contributed by atoms with Crippen LogP contribution in [0, 0.1) is 5.92 Å². The lowest BCUT2D eigenvalue weighted by Crippen LogP contribution is -2.44. The molecule has 1 aliphatic carbocycles. The molecule has 0 spiro atoms. The van der Waals surface area contributed by atoms with Gasteiger partial charge in [-0.05, 0) is 38.3 Å². The average molecular weight is 338 g/mol. The molecule has 16 heavy (non-hydrogen) atoms. The standard InChI is InChI=1S/C11H22N4.HI/c12-11(14-9-10-3-1-4-10)13-5-8-15-6-2-7-15;/h10H,1-9H2,(H3,12,13,14);1H. The molecular formula is C11H23IN4. The Kier molecular flexibility index (Phi) is 6.41. The number of aliphatic imine (C=N–C) groups is 1. The van der Waals surface area contributed by atoms with Gasteiger partial charge < -0.3 is 16.0 Å². The summed E-state index contributed by atoms with van der Waals surface area (Å²) in [6.45, 7) is 5.45. The molecule has 2 aliphatic rings. The first-order valence-corrected chi connectivity index (χ1v) is 6.11. The van der Waals surface area contributed by atoms with Gasteiger partial charge in [0.1, 0.15) is 0 Å². The molecule has 1 saturated carbocycles. The van der Waals surface area contributed by atoms with E-state index in [-0.39, 0.29) is 24.0 Å². The highest BCUT2D eigenvalue weighted by molar-refractivity contribution is 14.0. The van der Waals surface area contributed by atoms with E-state index in [0.717, 1.165) is 25.6 Å². The fourth-order valence-electron chi connectivity index (χ4n) is 1.91. The molecular weight excluding hydrogens is 315 g/mol. The van der Waals surface area contributed by atoms with Crippen LogP contribution in [0.4, 0.5) is 0 Å². The van der Waals surface area contributed by atoms with Crippen molar-refractivity contribution in [3.8, 4) is 0 Å². The summed E-state index contributed by atoms with van der Waals surface area (Å²) in [4.78, 5) is 6.77. The van der Waals surface area contributed by atoms with Gasteiger partial charge in [0.05, 0.1) is 0 Å². The predicted octanol–water partition coefficient (Wildman–Crippen LogP) is 1.01.